The van der Waals surface area contributed by atoms with Crippen LogP contribution in [0.15, 0.2) is 30.3 Å². The van der Waals surface area contributed by atoms with Gasteiger partial charge >= 0.3 is 5.97 Å². The Kier molecular flexibility index (Phi) is 12.0. The number of hydrogen-bond donors (Lipinski definition) is 2. The van der Waals surface area contributed by atoms with Crippen LogP contribution in [0.2, 0.25) is 0 Å². The molecule has 0 saturated carbocycles. The van der Waals surface area contributed by atoms with Gasteiger partial charge in [-0.1, -0.05) is 75.8 Å². The fraction of sp³-hybridized carbons (Fsp3) is 0.667. The Bertz CT molecular complexity index is 446. The summed E-state index contributed by atoms with van der Waals surface area (Å²) in [5, 5.41) is 19.5. The molecule has 1 aromatic rings. The first-order chi connectivity index (χ1) is 12.1. The van der Waals surface area contributed by atoms with Crippen LogP contribution in [0, 0.1) is 5.92 Å². The van der Waals surface area contributed by atoms with Crippen molar-refractivity contribution < 1.29 is 19.7 Å². The molecular weight excluding hydrogens is 316 g/mol. The summed E-state index contributed by atoms with van der Waals surface area (Å²) in [6.45, 7) is 3.46. The Hall–Kier alpha value is -1.39. The maximum atomic E-state index is 11.3. The summed E-state index contributed by atoms with van der Waals surface area (Å²) in [5.74, 6) is -1.48. The molecule has 0 heterocycles. The number of aliphatic hydroxyl groups excluding tert-OH is 1. The Labute approximate surface area is 152 Å². The number of carboxylic acids is 1. The Morgan fingerprint density at radius 3 is 2.36 bits per heavy atom. The monoisotopic (exact) mass is 350 g/mol. The van der Waals surface area contributed by atoms with Crippen LogP contribution < -0.4 is 0 Å². The second-order valence-electron chi connectivity index (χ2n) is 6.75. The van der Waals surface area contributed by atoms with E-state index in [4.69, 9.17) is 4.74 Å². The second-order valence-corrected chi connectivity index (χ2v) is 6.75. The molecule has 0 bridgehead atoms. The number of aliphatic carboxylic acids is 1. The van der Waals surface area contributed by atoms with Crippen LogP contribution >= 0.6 is 0 Å². The topological polar surface area (TPSA) is 66.8 Å². The number of benzene rings is 1. The predicted molar refractivity (Wildman–Crippen MR) is 100 cm³/mol. The molecule has 4 heteroatoms. The number of carboxylic acid groups (broad SMARTS) is 1. The molecule has 0 radical (unpaired) electrons. The van der Waals surface area contributed by atoms with Gasteiger partial charge in [0.1, 0.15) is 0 Å². The van der Waals surface area contributed by atoms with E-state index in [2.05, 4.69) is 6.92 Å². The molecule has 25 heavy (non-hydrogen) atoms. The van der Waals surface area contributed by atoms with Crippen LogP contribution in [0.25, 0.3) is 0 Å². The van der Waals surface area contributed by atoms with Crippen molar-refractivity contribution in [3.05, 3.63) is 35.9 Å². The molecule has 4 nitrogen and oxygen atoms in total. The molecule has 0 amide bonds. The van der Waals surface area contributed by atoms with Gasteiger partial charge in [-0.15, -0.1) is 0 Å². The van der Waals surface area contributed by atoms with Crippen molar-refractivity contribution in [2.45, 2.75) is 77.4 Å². The van der Waals surface area contributed by atoms with Crippen LogP contribution in [0.5, 0.6) is 0 Å². The van der Waals surface area contributed by atoms with Crippen molar-refractivity contribution in [3.8, 4) is 0 Å². The standard InChI is InChI=1S/C21H34O4/c1-2-3-4-9-14-19(21(23)24)20(22)15-10-6-11-16-25-17-18-12-7-5-8-13-18/h5,7-8,12-13,19-20,22H,2-4,6,9-11,14-17H2,1H3,(H,23,24)/t19-,20-/m0/s1. The lowest BCUT2D eigenvalue weighted by Gasteiger charge is -2.19. The molecule has 1 aromatic carbocycles. The average molecular weight is 350 g/mol. The molecule has 0 saturated heterocycles. The zero-order valence-corrected chi connectivity index (χ0v) is 15.5. The van der Waals surface area contributed by atoms with Gasteiger partial charge in [0.05, 0.1) is 18.6 Å². The quantitative estimate of drug-likeness (QED) is 0.446. The minimum absolute atomic E-state index is 0.559. The normalized spacial score (nSPS) is 13.5. The molecule has 0 aromatic heterocycles. The summed E-state index contributed by atoms with van der Waals surface area (Å²) in [6.07, 6.45) is 7.33. The highest BCUT2D eigenvalue weighted by Crippen LogP contribution is 2.19. The molecule has 2 N–H and O–H groups in total. The van der Waals surface area contributed by atoms with Crippen molar-refractivity contribution in [1.82, 2.24) is 0 Å². The summed E-state index contributed by atoms with van der Waals surface area (Å²) in [6, 6.07) is 10.1. The molecule has 0 aliphatic heterocycles. The minimum Gasteiger partial charge on any atom is -0.481 e. The lowest BCUT2D eigenvalue weighted by Crippen LogP contribution is -2.28. The summed E-state index contributed by atoms with van der Waals surface area (Å²) in [7, 11) is 0. The van der Waals surface area contributed by atoms with E-state index in [1.54, 1.807) is 0 Å². The third-order valence-electron chi connectivity index (χ3n) is 4.55. The van der Waals surface area contributed by atoms with Crippen molar-refractivity contribution >= 4 is 5.97 Å². The molecule has 0 fully saturated rings. The number of aliphatic hydroxyl groups is 1. The third kappa shape index (κ3) is 10.3. The lowest BCUT2D eigenvalue weighted by atomic mass is 9.92. The summed E-state index contributed by atoms with van der Waals surface area (Å²) >= 11 is 0. The summed E-state index contributed by atoms with van der Waals surface area (Å²) in [5.41, 5.74) is 1.17. The van der Waals surface area contributed by atoms with Gasteiger partial charge in [-0.25, -0.2) is 0 Å². The SMILES string of the molecule is CCCCCC[C@H](C(=O)O)[C@@H](O)CCCCCOCc1ccccc1. The van der Waals surface area contributed by atoms with E-state index in [1.807, 2.05) is 30.3 Å². The molecule has 142 valence electrons. The van der Waals surface area contributed by atoms with Gasteiger partial charge in [-0.05, 0) is 24.8 Å². The first-order valence-corrected chi connectivity index (χ1v) is 9.67. The van der Waals surface area contributed by atoms with Crippen molar-refractivity contribution in [1.29, 1.82) is 0 Å². The predicted octanol–water partition coefficient (Wildman–Crippen LogP) is 4.80. The highest BCUT2D eigenvalue weighted by Gasteiger charge is 2.25. The molecule has 0 aliphatic rings. The Morgan fingerprint density at radius 1 is 1.00 bits per heavy atom. The van der Waals surface area contributed by atoms with Gasteiger partial charge in [0.15, 0.2) is 0 Å². The average Bonchev–Trinajstić information content (AvgIpc) is 2.61. The number of unbranched alkanes of at least 4 members (excludes halogenated alkanes) is 5. The first-order valence-electron chi connectivity index (χ1n) is 9.67. The molecule has 0 aliphatic carbocycles. The number of rotatable bonds is 15. The van der Waals surface area contributed by atoms with Gasteiger partial charge in [0.25, 0.3) is 0 Å². The zero-order valence-electron chi connectivity index (χ0n) is 15.5. The molecule has 0 spiro atoms. The highest BCUT2D eigenvalue weighted by molar-refractivity contribution is 5.70. The highest BCUT2D eigenvalue weighted by atomic mass is 16.5. The molecule has 0 unspecified atom stereocenters. The number of carbonyl (C=O) groups is 1. The summed E-state index contributed by atoms with van der Waals surface area (Å²) < 4.78 is 5.63. The maximum absolute atomic E-state index is 11.3. The largest absolute Gasteiger partial charge is 0.481 e. The van der Waals surface area contributed by atoms with E-state index in [0.29, 0.717) is 26.1 Å². The van der Waals surface area contributed by atoms with E-state index in [1.165, 1.54) is 5.56 Å². The van der Waals surface area contributed by atoms with Gasteiger partial charge in [-0.2, -0.15) is 0 Å². The van der Waals surface area contributed by atoms with Crippen LogP contribution in [0.3, 0.4) is 0 Å². The van der Waals surface area contributed by atoms with Gasteiger partial charge in [0, 0.05) is 6.61 Å². The van der Waals surface area contributed by atoms with Gasteiger partial charge in [0.2, 0.25) is 0 Å². The summed E-state index contributed by atoms with van der Waals surface area (Å²) in [4.78, 5) is 11.3. The molecular formula is C21H34O4. The van der Waals surface area contributed by atoms with Crippen molar-refractivity contribution in [3.63, 3.8) is 0 Å². The van der Waals surface area contributed by atoms with E-state index >= 15 is 0 Å². The van der Waals surface area contributed by atoms with Crippen LogP contribution in [0.4, 0.5) is 0 Å². The first kappa shape index (κ1) is 21.7. The van der Waals surface area contributed by atoms with Gasteiger partial charge in [-0.3, -0.25) is 4.79 Å². The van der Waals surface area contributed by atoms with Crippen LogP contribution in [0.1, 0.15) is 70.3 Å². The van der Waals surface area contributed by atoms with E-state index in [9.17, 15) is 15.0 Å². The molecule has 1 rings (SSSR count). The third-order valence-corrected chi connectivity index (χ3v) is 4.55. The van der Waals surface area contributed by atoms with Crippen LogP contribution in [-0.4, -0.2) is 28.9 Å². The fourth-order valence-corrected chi connectivity index (χ4v) is 2.97. The van der Waals surface area contributed by atoms with Crippen molar-refractivity contribution in [2.75, 3.05) is 6.61 Å². The smallest absolute Gasteiger partial charge is 0.309 e. The molecule has 2 atom stereocenters. The Morgan fingerprint density at radius 2 is 1.68 bits per heavy atom. The lowest BCUT2D eigenvalue weighted by molar-refractivity contribution is -0.146. The zero-order chi connectivity index (χ0) is 18.3. The van der Waals surface area contributed by atoms with E-state index in [-0.39, 0.29) is 0 Å². The van der Waals surface area contributed by atoms with Crippen molar-refractivity contribution in [2.24, 2.45) is 5.92 Å². The fourth-order valence-electron chi connectivity index (χ4n) is 2.97. The maximum Gasteiger partial charge on any atom is 0.309 e. The number of hydrogen-bond acceptors (Lipinski definition) is 3. The van der Waals surface area contributed by atoms with Gasteiger partial charge < -0.3 is 14.9 Å². The number of ether oxygens (including phenoxy) is 1. The second kappa shape index (κ2) is 13.9. The van der Waals surface area contributed by atoms with Crippen LogP contribution in [-0.2, 0) is 16.1 Å². The van der Waals surface area contributed by atoms with E-state index in [0.717, 1.165) is 44.9 Å². The minimum atomic E-state index is -0.866. The Balaban J connectivity index is 2.08. The van der Waals surface area contributed by atoms with E-state index < -0.39 is 18.0 Å².